The van der Waals surface area contributed by atoms with Crippen LogP contribution in [0.15, 0.2) is 54.1 Å². The van der Waals surface area contributed by atoms with E-state index in [1.165, 1.54) is 32.0 Å². The first-order chi connectivity index (χ1) is 25.3. The van der Waals surface area contributed by atoms with Crippen LogP contribution in [-0.4, -0.2) is 84.1 Å². The van der Waals surface area contributed by atoms with E-state index in [1.54, 1.807) is 36.4 Å². The summed E-state index contributed by atoms with van der Waals surface area (Å²) in [5.41, 5.74) is 8.02. The SMILES string of the molecule is COc1ccc(C2C(C#N)=C(N)Oc3cc(OCc4cn([C@@H]5O[C@H](COC(C)=O)[C@@H](OC(C)=O)[C@H](OC(C)=O)[C@H]5OC(C)=O)nn4)ccc32)c(OC)c1. The summed E-state index contributed by atoms with van der Waals surface area (Å²) in [6.07, 6.45) is -5.10. The number of nitriles is 1. The molecule has 1 fully saturated rings. The van der Waals surface area contributed by atoms with Gasteiger partial charge in [0.2, 0.25) is 5.88 Å². The Balaban J connectivity index is 1.40. The van der Waals surface area contributed by atoms with Gasteiger partial charge in [0.15, 0.2) is 24.5 Å². The van der Waals surface area contributed by atoms with Crippen LogP contribution >= 0.6 is 0 Å². The summed E-state index contributed by atoms with van der Waals surface area (Å²) < 4.78 is 51.7. The number of hydrogen-bond donors (Lipinski definition) is 1. The largest absolute Gasteiger partial charge is 0.497 e. The monoisotopic (exact) mass is 735 g/mol. The van der Waals surface area contributed by atoms with Crippen molar-refractivity contribution in [2.75, 3.05) is 20.8 Å². The van der Waals surface area contributed by atoms with Crippen molar-refractivity contribution in [1.29, 1.82) is 5.26 Å². The molecule has 1 unspecified atom stereocenters. The van der Waals surface area contributed by atoms with Gasteiger partial charge in [-0.1, -0.05) is 17.3 Å². The molecular formula is C35H37N5O13. The van der Waals surface area contributed by atoms with Gasteiger partial charge in [0.05, 0.1) is 26.3 Å². The number of carbonyl (C=O) groups excluding carboxylic acids is 4. The zero-order chi connectivity index (χ0) is 38.4. The Bertz CT molecular complexity index is 1950. The molecule has 0 spiro atoms. The topological polar surface area (TPSA) is 232 Å². The number of benzene rings is 2. The second kappa shape index (κ2) is 16.3. The van der Waals surface area contributed by atoms with E-state index in [0.29, 0.717) is 39.8 Å². The number of nitrogens with zero attached hydrogens (tertiary/aromatic N) is 4. The molecule has 0 aliphatic carbocycles. The number of ether oxygens (including phenoxy) is 9. The van der Waals surface area contributed by atoms with Crippen molar-refractivity contribution in [2.45, 2.75) is 70.9 Å². The minimum Gasteiger partial charge on any atom is -0.497 e. The van der Waals surface area contributed by atoms with Gasteiger partial charge in [0, 0.05) is 51.0 Å². The number of fused-ring (bicyclic) bond motifs is 1. The molecule has 0 bridgehead atoms. The van der Waals surface area contributed by atoms with Gasteiger partial charge in [-0.05, 0) is 12.1 Å². The molecule has 18 nitrogen and oxygen atoms in total. The van der Waals surface area contributed by atoms with Crippen molar-refractivity contribution in [3.63, 3.8) is 0 Å². The van der Waals surface area contributed by atoms with Gasteiger partial charge in [0.25, 0.3) is 0 Å². The summed E-state index contributed by atoms with van der Waals surface area (Å²) >= 11 is 0. The standard InChI is InChI=1S/C35H37N5O13/c1-17(41)47-16-29-31(49-18(2)42)32(50-19(3)43)33(51-20(4)44)35(53-29)40-14-21(38-39-40)15-48-23-8-10-25-28(12-23)52-34(37)26(13-36)30(25)24-9-7-22(45-5)11-27(24)46-6/h7-12,14,29-33,35H,15-16,37H2,1-6H3/t29-,30?,31-,32+,33-,35-/m1/s1. The third-order valence-corrected chi connectivity index (χ3v) is 8.11. The highest BCUT2D eigenvalue weighted by molar-refractivity contribution is 5.69. The number of aromatic nitrogens is 3. The molecule has 5 rings (SSSR count). The van der Waals surface area contributed by atoms with Crippen LogP contribution < -0.4 is 24.7 Å². The van der Waals surface area contributed by atoms with Crippen LogP contribution in [0.1, 0.15) is 56.7 Å². The fraction of sp³-hybridized carbons (Fsp3) is 0.400. The fourth-order valence-corrected chi connectivity index (χ4v) is 5.98. The third-order valence-electron chi connectivity index (χ3n) is 8.11. The Morgan fingerprint density at radius 2 is 1.53 bits per heavy atom. The van der Waals surface area contributed by atoms with Gasteiger partial charge >= 0.3 is 23.9 Å². The van der Waals surface area contributed by atoms with E-state index in [0.717, 1.165) is 20.8 Å². The molecule has 1 saturated heterocycles. The van der Waals surface area contributed by atoms with Gasteiger partial charge in [0.1, 0.15) is 59.7 Å². The van der Waals surface area contributed by atoms with Crippen LogP contribution in [0, 0.1) is 11.3 Å². The summed E-state index contributed by atoms with van der Waals surface area (Å²) in [7, 11) is 3.05. The highest BCUT2D eigenvalue weighted by Crippen LogP contribution is 2.46. The minimum absolute atomic E-state index is 0.0761. The molecule has 280 valence electrons. The lowest BCUT2D eigenvalue weighted by molar-refractivity contribution is -0.270. The van der Waals surface area contributed by atoms with Crippen molar-refractivity contribution >= 4 is 23.9 Å². The quantitative estimate of drug-likeness (QED) is 0.208. The Kier molecular flexibility index (Phi) is 11.7. The van der Waals surface area contributed by atoms with E-state index in [4.69, 9.17) is 48.4 Å². The van der Waals surface area contributed by atoms with Crippen molar-refractivity contribution < 1.29 is 61.8 Å². The Morgan fingerprint density at radius 3 is 2.17 bits per heavy atom. The van der Waals surface area contributed by atoms with Gasteiger partial charge < -0.3 is 48.4 Å². The lowest BCUT2D eigenvalue weighted by Crippen LogP contribution is -2.60. The molecule has 2 N–H and O–H groups in total. The van der Waals surface area contributed by atoms with Crippen molar-refractivity contribution in [2.24, 2.45) is 5.73 Å². The molecule has 53 heavy (non-hydrogen) atoms. The van der Waals surface area contributed by atoms with Crippen molar-refractivity contribution in [3.05, 3.63) is 70.9 Å². The lowest BCUT2D eigenvalue weighted by atomic mass is 9.83. The maximum Gasteiger partial charge on any atom is 0.303 e. The van der Waals surface area contributed by atoms with Crippen molar-refractivity contribution in [3.8, 4) is 29.1 Å². The number of esters is 4. The van der Waals surface area contributed by atoms with E-state index < -0.39 is 67.0 Å². The number of allylic oxidation sites excluding steroid dienone is 1. The van der Waals surface area contributed by atoms with E-state index in [1.807, 2.05) is 0 Å². The van der Waals surface area contributed by atoms with Crippen molar-refractivity contribution in [1.82, 2.24) is 15.0 Å². The maximum absolute atomic E-state index is 12.2. The maximum atomic E-state index is 12.2. The molecule has 2 aliphatic rings. The average molecular weight is 736 g/mol. The molecular weight excluding hydrogens is 698 g/mol. The molecule has 6 atom stereocenters. The van der Waals surface area contributed by atoms with Gasteiger partial charge in [-0.25, -0.2) is 4.68 Å². The van der Waals surface area contributed by atoms with E-state index in [9.17, 15) is 24.4 Å². The number of hydrogen-bond acceptors (Lipinski definition) is 17. The first kappa shape index (κ1) is 37.9. The molecule has 3 heterocycles. The molecule has 0 amide bonds. The summed E-state index contributed by atoms with van der Waals surface area (Å²) in [6, 6.07) is 12.5. The van der Waals surface area contributed by atoms with Crippen LogP contribution in [0.4, 0.5) is 0 Å². The molecule has 18 heteroatoms. The highest BCUT2D eigenvalue weighted by atomic mass is 16.7. The zero-order valence-corrected chi connectivity index (χ0v) is 29.6. The molecule has 2 aliphatic heterocycles. The van der Waals surface area contributed by atoms with Gasteiger partial charge in [-0.15, -0.1) is 5.10 Å². The molecule has 3 aromatic rings. The van der Waals surface area contributed by atoms with Crippen LogP contribution in [0.25, 0.3) is 0 Å². The number of nitrogens with two attached hydrogens (primary N) is 1. The normalized spacial score (nSPS) is 21.9. The number of methoxy groups -OCH3 is 2. The van der Waals surface area contributed by atoms with Crippen LogP contribution in [-0.2, 0) is 49.5 Å². The van der Waals surface area contributed by atoms with Gasteiger partial charge in [-0.2, -0.15) is 5.26 Å². The molecule has 0 saturated carbocycles. The molecule has 2 aromatic carbocycles. The molecule has 1 aromatic heterocycles. The second-order valence-electron chi connectivity index (χ2n) is 11.8. The fourth-order valence-electron chi connectivity index (χ4n) is 5.98. The van der Waals surface area contributed by atoms with E-state index >= 15 is 0 Å². The average Bonchev–Trinajstić information content (AvgIpc) is 3.59. The summed E-state index contributed by atoms with van der Waals surface area (Å²) in [6.45, 7) is 4.05. The second-order valence-corrected chi connectivity index (χ2v) is 11.8. The third kappa shape index (κ3) is 8.59. The predicted molar refractivity (Wildman–Crippen MR) is 177 cm³/mol. The summed E-state index contributed by atoms with van der Waals surface area (Å²) in [5.74, 6) is -1.85. The Labute approximate surface area is 303 Å². The van der Waals surface area contributed by atoms with E-state index in [-0.39, 0.29) is 18.1 Å². The summed E-state index contributed by atoms with van der Waals surface area (Å²) in [5, 5.41) is 18.3. The Hall–Kier alpha value is -6.35. The number of carbonyl (C=O) groups is 4. The Morgan fingerprint density at radius 1 is 0.868 bits per heavy atom. The number of rotatable bonds is 12. The smallest absolute Gasteiger partial charge is 0.303 e. The first-order valence-electron chi connectivity index (χ1n) is 16.1. The zero-order valence-electron chi connectivity index (χ0n) is 29.6. The van der Waals surface area contributed by atoms with Crippen LogP contribution in [0.3, 0.4) is 0 Å². The van der Waals surface area contributed by atoms with Crippen LogP contribution in [0.2, 0.25) is 0 Å². The van der Waals surface area contributed by atoms with E-state index in [2.05, 4.69) is 16.4 Å². The summed E-state index contributed by atoms with van der Waals surface area (Å²) in [4.78, 5) is 48.1. The highest BCUT2D eigenvalue weighted by Gasteiger charge is 2.53. The lowest BCUT2D eigenvalue weighted by Gasteiger charge is -2.44. The molecule has 0 radical (unpaired) electrons. The van der Waals surface area contributed by atoms with Gasteiger partial charge in [-0.3, -0.25) is 19.2 Å². The minimum atomic E-state index is -1.39. The first-order valence-corrected chi connectivity index (χ1v) is 16.1. The predicted octanol–water partition coefficient (Wildman–Crippen LogP) is 2.35. The van der Waals surface area contributed by atoms with Crippen LogP contribution in [0.5, 0.6) is 23.0 Å².